The highest BCUT2D eigenvalue weighted by atomic mass is 16.5. The Hall–Kier alpha value is -1.10. The van der Waals surface area contributed by atoms with Gasteiger partial charge in [-0.2, -0.15) is 0 Å². The number of rotatable bonds is 9. The van der Waals surface area contributed by atoms with Gasteiger partial charge in [0, 0.05) is 13.0 Å². The molecule has 5 nitrogen and oxygen atoms in total. The standard InChI is InChI=1S/C13H25NO4/c1-9(2)5-11(6-13(16)17)7-14-12(15)8-18-10(3)4/h9-11H,5-8H2,1-4H3,(H,14,15)(H,16,17). The highest BCUT2D eigenvalue weighted by Crippen LogP contribution is 2.14. The molecule has 0 aromatic rings. The topological polar surface area (TPSA) is 75.6 Å². The van der Waals surface area contributed by atoms with E-state index in [9.17, 15) is 9.59 Å². The van der Waals surface area contributed by atoms with Crippen molar-refractivity contribution in [3.63, 3.8) is 0 Å². The van der Waals surface area contributed by atoms with Gasteiger partial charge in [-0.25, -0.2) is 0 Å². The molecule has 0 aliphatic carbocycles. The van der Waals surface area contributed by atoms with Crippen LogP contribution in [0.1, 0.15) is 40.5 Å². The first kappa shape index (κ1) is 16.9. The van der Waals surface area contributed by atoms with Crippen molar-refractivity contribution in [3.05, 3.63) is 0 Å². The van der Waals surface area contributed by atoms with Crippen molar-refractivity contribution in [1.29, 1.82) is 0 Å². The number of nitrogens with one attached hydrogen (secondary N) is 1. The number of carbonyl (C=O) groups excluding carboxylic acids is 1. The maximum atomic E-state index is 11.4. The van der Waals surface area contributed by atoms with E-state index in [1.807, 2.05) is 27.7 Å². The molecule has 18 heavy (non-hydrogen) atoms. The lowest BCUT2D eigenvalue weighted by atomic mass is 9.94. The monoisotopic (exact) mass is 259 g/mol. The Balaban J connectivity index is 4.00. The van der Waals surface area contributed by atoms with Crippen LogP contribution in [0.4, 0.5) is 0 Å². The van der Waals surface area contributed by atoms with E-state index in [1.165, 1.54) is 0 Å². The van der Waals surface area contributed by atoms with Gasteiger partial charge in [0.25, 0.3) is 0 Å². The summed E-state index contributed by atoms with van der Waals surface area (Å²) in [5, 5.41) is 11.5. The summed E-state index contributed by atoms with van der Waals surface area (Å²) in [6, 6.07) is 0. The normalized spacial score (nSPS) is 12.8. The van der Waals surface area contributed by atoms with E-state index in [2.05, 4.69) is 5.32 Å². The average molecular weight is 259 g/mol. The minimum Gasteiger partial charge on any atom is -0.481 e. The predicted octanol–water partition coefficient (Wildman–Crippen LogP) is 1.66. The number of aliphatic carboxylic acids is 1. The van der Waals surface area contributed by atoms with E-state index < -0.39 is 5.97 Å². The third kappa shape index (κ3) is 10.1. The Bertz CT molecular complexity index is 264. The highest BCUT2D eigenvalue weighted by Gasteiger charge is 2.16. The molecule has 106 valence electrons. The molecule has 0 spiro atoms. The van der Waals surface area contributed by atoms with Gasteiger partial charge in [0.15, 0.2) is 0 Å². The molecule has 1 atom stereocenters. The second-order valence-electron chi connectivity index (χ2n) is 5.26. The summed E-state index contributed by atoms with van der Waals surface area (Å²) in [6.45, 7) is 8.22. The van der Waals surface area contributed by atoms with Gasteiger partial charge >= 0.3 is 5.97 Å². The number of ether oxygens (including phenoxy) is 1. The van der Waals surface area contributed by atoms with Crippen molar-refractivity contribution in [1.82, 2.24) is 5.32 Å². The molecule has 0 bridgehead atoms. The summed E-state index contributed by atoms with van der Waals surface area (Å²) in [6.07, 6.45) is 0.891. The van der Waals surface area contributed by atoms with Crippen LogP contribution in [-0.4, -0.2) is 36.2 Å². The first-order valence-electron chi connectivity index (χ1n) is 6.41. The number of carboxylic acids is 1. The fraction of sp³-hybridized carbons (Fsp3) is 0.846. The van der Waals surface area contributed by atoms with Crippen LogP contribution in [0.3, 0.4) is 0 Å². The average Bonchev–Trinajstić information content (AvgIpc) is 2.21. The fourth-order valence-corrected chi connectivity index (χ4v) is 1.70. The Kier molecular flexibility index (Phi) is 8.37. The van der Waals surface area contributed by atoms with Gasteiger partial charge in [0.2, 0.25) is 5.91 Å². The quantitative estimate of drug-likeness (QED) is 0.660. The van der Waals surface area contributed by atoms with Crippen molar-refractivity contribution >= 4 is 11.9 Å². The zero-order valence-electron chi connectivity index (χ0n) is 11.7. The largest absolute Gasteiger partial charge is 0.481 e. The van der Waals surface area contributed by atoms with Gasteiger partial charge in [-0.3, -0.25) is 9.59 Å². The van der Waals surface area contributed by atoms with E-state index in [4.69, 9.17) is 9.84 Å². The molecule has 0 aromatic heterocycles. The number of amides is 1. The number of hydrogen-bond acceptors (Lipinski definition) is 3. The molecule has 0 radical (unpaired) electrons. The number of carbonyl (C=O) groups is 2. The predicted molar refractivity (Wildman–Crippen MR) is 69.3 cm³/mol. The molecule has 0 aliphatic heterocycles. The van der Waals surface area contributed by atoms with Crippen LogP contribution in [-0.2, 0) is 14.3 Å². The van der Waals surface area contributed by atoms with Gasteiger partial charge in [-0.1, -0.05) is 13.8 Å². The smallest absolute Gasteiger partial charge is 0.303 e. The Morgan fingerprint density at radius 1 is 1.22 bits per heavy atom. The van der Waals surface area contributed by atoms with Crippen molar-refractivity contribution < 1.29 is 19.4 Å². The second kappa shape index (κ2) is 8.91. The first-order chi connectivity index (χ1) is 8.31. The number of carboxylic acid groups (broad SMARTS) is 1. The molecule has 0 saturated heterocycles. The molecular weight excluding hydrogens is 234 g/mol. The molecule has 0 aromatic carbocycles. The van der Waals surface area contributed by atoms with Crippen molar-refractivity contribution in [2.75, 3.05) is 13.2 Å². The summed E-state index contributed by atoms with van der Waals surface area (Å²) < 4.78 is 5.17. The zero-order chi connectivity index (χ0) is 14.1. The van der Waals surface area contributed by atoms with Gasteiger partial charge in [0.05, 0.1) is 6.10 Å². The maximum Gasteiger partial charge on any atom is 0.303 e. The van der Waals surface area contributed by atoms with Crippen molar-refractivity contribution in [3.8, 4) is 0 Å². The third-order valence-corrected chi connectivity index (χ3v) is 2.40. The third-order valence-electron chi connectivity index (χ3n) is 2.40. The van der Waals surface area contributed by atoms with Gasteiger partial charge in [0.1, 0.15) is 6.61 Å². The van der Waals surface area contributed by atoms with E-state index in [0.29, 0.717) is 12.5 Å². The first-order valence-corrected chi connectivity index (χ1v) is 6.41. The van der Waals surface area contributed by atoms with E-state index >= 15 is 0 Å². The van der Waals surface area contributed by atoms with E-state index in [0.717, 1.165) is 6.42 Å². The van der Waals surface area contributed by atoms with Gasteiger partial charge in [-0.15, -0.1) is 0 Å². The fourth-order valence-electron chi connectivity index (χ4n) is 1.70. The minimum atomic E-state index is -0.826. The highest BCUT2D eigenvalue weighted by molar-refractivity contribution is 5.77. The SMILES string of the molecule is CC(C)CC(CNC(=O)COC(C)C)CC(=O)O. The van der Waals surface area contributed by atoms with E-state index in [-0.39, 0.29) is 31.0 Å². The van der Waals surface area contributed by atoms with Crippen LogP contribution in [0.15, 0.2) is 0 Å². The summed E-state index contributed by atoms with van der Waals surface area (Å²) in [4.78, 5) is 22.2. The van der Waals surface area contributed by atoms with Crippen LogP contribution < -0.4 is 5.32 Å². The minimum absolute atomic E-state index is 0.0150. The molecular formula is C13H25NO4. The Morgan fingerprint density at radius 3 is 2.28 bits per heavy atom. The summed E-state index contributed by atoms with van der Waals surface area (Å²) in [5.74, 6) is -0.625. The molecule has 1 amide bonds. The lowest BCUT2D eigenvalue weighted by Crippen LogP contribution is -2.34. The summed E-state index contributed by atoms with van der Waals surface area (Å²) in [5.41, 5.74) is 0. The molecule has 1 unspecified atom stereocenters. The van der Waals surface area contributed by atoms with Crippen LogP contribution in [0.2, 0.25) is 0 Å². The number of hydrogen-bond donors (Lipinski definition) is 2. The van der Waals surface area contributed by atoms with E-state index in [1.54, 1.807) is 0 Å². The molecule has 0 fully saturated rings. The van der Waals surface area contributed by atoms with Crippen molar-refractivity contribution in [2.24, 2.45) is 11.8 Å². The maximum absolute atomic E-state index is 11.4. The molecule has 2 N–H and O–H groups in total. The van der Waals surface area contributed by atoms with Crippen LogP contribution in [0.5, 0.6) is 0 Å². The molecule has 0 saturated carbocycles. The van der Waals surface area contributed by atoms with Gasteiger partial charge in [-0.05, 0) is 32.1 Å². The van der Waals surface area contributed by atoms with Gasteiger partial charge < -0.3 is 15.2 Å². The zero-order valence-corrected chi connectivity index (χ0v) is 11.7. The summed E-state index contributed by atoms with van der Waals surface area (Å²) in [7, 11) is 0. The summed E-state index contributed by atoms with van der Waals surface area (Å²) >= 11 is 0. The van der Waals surface area contributed by atoms with Crippen LogP contribution in [0, 0.1) is 11.8 Å². The van der Waals surface area contributed by atoms with Crippen LogP contribution >= 0.6 is 0 Å². The molecule has 5 heteroatoms. The molecule has 0 rings (SSSR count). The Morgan fingerprint density at radius 2 is 1.83 bits per heavy atom. The lowest BCUT2D eigenvalue weighted by molar-refractivity contribution is -0.138. The molecule has 0 heterocycles. The lowest BCUT2D eigenvalue weighted by Gasteiger charge is -2.18. The van der Waals surface area contributed by atoms with Crippen molar-refractivity contribution in [2.45, 2.75) is 46.6 Å². The van der Waals surface area contributed by atoms with Crippen LogP contribution in [0.25, 0.3) is 0 Å². The molecule has 0 aliphatic rings. The second-order valence-corrected chi connectivity index (χ2v) is 5.26. The Labute approximate surface area is 109 Å².